The fourth-order valence-corrected chi connectivity index (χ4v) is 3.39. The molecule has 1 aromatic rings. The lowest BCUT2D eigenvalue weighted by atomic mass is 9.75. The maximum absolute atomic E-state index is 12.9. The van der Waals surface area contributed by atoms with Crippen molar-refractivity contribution in [1.82, 2.24) is 0 Å². The standard InChI is InChI=1S/C18H26O2/c1-4-20-18(11-7-8-14(2)13-18)17(19)12-16-10-6-5-9-15(16)3/h5-6,9-10,14H,4,7-8,11-13H2,1-3H3. The summed E-state index contributed by atoms with van der Waals surface area (Å²) in [6.45, 7) is 6.90. The van der Waals surface area contributed by atoms with Crippen LogP contribution in [0, 0.1) is 12.8 Å². The highest BCUT2D eigenvalue weighted by Gasteiger charge is 2.41. The number of benzene rings is 1. The average molecular weight is 274 g/mol. The van der Waals surface area contributed by atoms with E-state index in [4.69, 9.17) is 4.74 Å². The minimum Gasteiger partial charge on any atom is -0.367 e. The van der Waals surface area contributed by atoms with Crippen molar-refractivity contribution in [2.75, 3.05) is 6.61 Å². The first-order chi connectivity index (χ1) is 9.57. The minimum atomic E-state index is -0.533. The summed E-state index contributed by atoms with van der Waals surface area (Å²) in [6.07, 6.45) is 4.58. The lowest BCUT2D eigenvalue weighted by Gasteiger charge is -2.38. The third-order valence-corrected chi connectivity index (χ3v) is 4.50. The number of hydrogen-bond acceptors (Lipinski definition) is 2. The first-order valence-corrected chi connectivity index (χ1v) is 7.79. The summed E-state index contributed by atoms with van der Waals surface area (Å²) >= 11 is 0. The summed E-state index contributed by atoms with van der Waals surface area (Å²) in [5.41, 5.74) is 1.79. The van der Waals surface area contributed by atoms with Gasteiger partial charge in [0, 0.05) is 13.0 Å². The zero-order chi connectivity index (χ0) is 14.6. The number of ketones is 1. The van der Waals surface area contributed by atoms with Crippen LogP contribution in [0.1, 0.15) is 50.7 Å². The zero-order valence-corrected chi connectivity index (χ0v) is 12.9. The van der Waals surface area contributed by atoms with Crippen molar-refractivity contribution >= 4 is 5.78 Å². The van der Waals surface area contributed by atoms with E-state index >= 15 is 0 Å². The molecule has 2 rings (SSSR count). The van der Waals surface area contributed by atoms with Gasteiger partial charge in [-0.3, -0.25) is 4.79 Å². The van der Waals surface area contributed by atoms with Crippen LogP contribution in [0.5, 0.6) is 0 Å². The van der Waals surface area contributed by atoms with Gasteiger partial charge in [0.15, 0.2) is 5.78 Å². The van der Waals surface area contributed by atoms with E-state index < -0.39 is 5.60 Å². The predicted molar refractivity (Wildman–Crippen MR) is 81.9 cm³/mol. The van der Waals surface area contributed by atoms with Crippen LogP contribution >= 0.6 is 0 Å². The molecule has 0 N–H and O–H groups in total. The van der Waals surface area contributed by atoms with Crippen molar-refractivity contribution in [2.24, 2.45) is 5.92 Å². The Morgan fingerprint density at radius 1 is 1.40 bits per heavy atom. The van der Waals surface area contributed by atoms with E-state index in [1.807, 2.05) is 19.1 Å². The Balaban J connectivity index is 2.17. The van der Waals surface area contributed by atoms with Crippen LogP contribution in [0.25, 0.3) is 0 Å². The maximum Gasteiger partial charge on any atom is 0.168 e. The van der Waals surface area contributed by atoms with Crippen LogP contribution in [0.4, 0.5) is 0 Å². The molecule has 2 unspecified atom stereocenters. The van der Waals surface area contributed by atoms with Crippen molar-refractivity contribution in [3.63, 3.8) is 0 Å². The number of ether oxygens (including phenoxy) is 1. The Bertz CT molecular complexity index is 462. The molecule has 2 atom stereocenters. The van der Waals surface area contributed by atoms with Crippen LogP contribution in [0.3, 0.4) is 0 Å². The van der Waals surface area contributed by atoms with Gasteiger partial charge in [-0.15, -0.1) is 0 Å². The van der Waals surface area contributed by atoms with Crippen molar-refractivity contribution in [1.29, 1.82) is 0 Å². The monoisotopic (exact) mass is 274 g/mol. The van der Waals surface area contributed by atoms with E-state index in [1.165, 1.54) is 12.0 Å². The van der Waals surface area contributed by atoms with Crippen LogP contribution in [0.2, 0.25) is 0 Å². The molecule has 0 heterocycles. The molecule has 1 fully saturated rings. The van der Waals surface area contributed by atoms with Crippen LogP contribution in [0.15, 0.2) is 24.3 Å². The number of Topliss-reactive ketones (excluding diaryl/α,β-unsaturated/α-hetero) is 1. The summed E-state index contributed by atoms with van der Waals surface area (Å²) in [5.74, 6) is 0.844. The third-order valence-electron chi connectivity index (χ3n) is 4.50. The maximum atomic E-state index is 12.9. The van der Waals surface area contributed by atoms with Gasteiger partial charge in [-0.1, -0.05) is 37.6 Å². The number of rotatable bonds is 5. The van der Waals surface area contributed by atoms with Gasteiger partial charge in [0.2, 0.25) is 0 Å². The molecule has 0 radical (unpaired) electrons. The molecule has 1 saturated carbocycles. The second-order valence-corrected chi connectivity index (χ2v) is 6.16. The molecule has 1 aromatic carbocycles. The lowest BCUT2D eigenvalue weighted by Crippen LogP contribution is -2.46. The van der Waals surface area contributed by atoms with Crippen molar-refractivity contribution in [3.8, 4) is 0 Å². The van der Waals surface area contributed by atoms with Crippen molar-refractivity contribution in [2.45, 2.75) is 58.5 Å². The molecular formula is C18H26O2. The van der Waals surface area contributed by atoms with Gasteiger partial charge in [-0.25, -0.2) is 0 Å². The first kappa shape index (κ1) is 15.2. The second kappa shape index (κ2) is 6.53. The molecule has 1 aliphatic carbocycles. The fraction of sp³-hybridized carbons (Fsp3) is 0.611. The highest BCUT2D eigenvalue weighted by Crippen LogP contribution is 2.36. The second-order valence-electron chi connectivity index (χ2n) is 6.16. The summed E-state index contributed by atoms with van der Waals surface area (Å²) < 4.78 is 5.97. The van der Waals surface area contributed by atoms with Gasteiger partial charge in [-0.2, -0.15) is 0 Å². The minimum absolute atomic E-state index is 0.264. The smallest absolute Gasteiger partial charge is 0.168 e. The number of aryl methyl sites for hydroxylation is 1. The molecule has 2 nitrogen and oxygen atoms in total. The van der Waals surface area contributed by atoms with Crippen molar-refractivity contribution < 1.29 is 9.53 Å². The summed E-state index contributed by atoms with van der Waals surface area (Å²) in [5, 5.41) is 0. The first-order valence-electron chi connectivity index (χ1n) is 7.79. The van der Waals surface area contributed by atoms with Gasteiger partial charge in [0.05, 0.1) is 0 Å². The fourth-order valence-electron chi connectivity index (χ4n) is 3.39. The molecule has 0 spiro atoms. The molecule has 0 amide bonds. The van der Waals surface area contributed by atoms with Gasteiger partial charge in [0.25, 0.3) is 0 Å². The van der Waals surface area contributed by atoms with Crippen LogP contribution < -0.4 is 0 Å². The summed E-state index contributed by atoms with van der Waals surface area (Å²) in [4.78, 5) is 12.9. The van der Waals surface area contributed by atoms with Gasteiger partial charge < -0.3 is 4.74 Å². The SMILES string of the molecule is CCOC1(C(=O)Cc2ccccc2C)CCCC(C)C1. The molecule has 0 aromatic heterocycles. The van der Waals surface area contributed by atoms with Gasteiger partial charge in [-0.05, 0) is 50.2 Å². The molecule has 20 heavy (non-hydrogen) atoms. The predicted octanol–water partition coefficient (Wildman–Crippen LogP) is 4.09. The van der Waals surface area contributed by atoms with Crippen molar-refractivity contribution in [3.05, 3.63) is 35.4 Å². The van der Waals surface area contributed by atoms with Gasteiger partial charge in [0.1, 0.15) is 5.60 Å². The zero-order valence-electron chi connectivity index (χ0n) is 12.9. The Morgan fingerprint density at radius 2 is 2.15 bits per heavy atom. The van der Waals surface area contributed by atoms with E-state index in [9.17, 15) is 4.79 Å². The molecular weight excluding hydrogens is 248 g/mol. The number of hydrogen-bond donors (Lipinski definition) is 0. The van der Waals surface area contributed by atoms with E-state index in [0.717, 1.165) is 24.8 Å². The number of carbonyl (C=O) groups excluding carboxylic acids is 1. The van der Waals surface area contributed by atoms with E-state index in [-0.39, 0.29) is 5.78 Å². The molecule has 110 valence electrons. The normalized spacial score (nSPS) is 26.4. The Morgan fingerprint density at radius 3 is 2.80 bits per heavy atom. The van der Waals surface area contributed by atoms with E-state index in [1.54, 1.807) is 0 Å². The largest absolute Gasteiger partial charge is 0.367 e. The summed E-state index contributed by atoms with van der Waals surface area (Å²) in [7, 11) is 0. The number of carbonyl (C=O) groups is 1. The summed E-state index contributed by atoms with van der Waals surface area (Å²) in [6, 6.07) is 8.15. The van der Waals surface area contributed by atoms with E-state index in [2.05, 4.69) is 26.0 Å². The Labute approximate surface area is 122 Å². The Kier molecular flexibility index (Phi) is 4.98. The Hall–Kier alpha value is -1.15. The molecule has 2 heteroatoms. The van der Waals surface area contributed by atoms with Crippen LogP contribution in [-0.4, -0.2) is 18.0 Å². The topological polar surface area (TPSA) is 26.3 Å². The third kappa shape index (κ3) is 3.29. The molecule has 0 aliphatic heterocycles. The highest BCUT2D eigenvalue weighted by atomic mass is 16.5. The molecule has 1 aliphatic rings. The highest BCUT2D eigenvalue weighted by molar-refractivity contribution is 5.89. The van der Waals surface area contributed by atoms with E-state index in [0.29, 0.717) is 18.9 Å². The lowest BCUT2D eigenvalue weighted by molar-refractivity contribution is -0.150. The van der Waals surface area contributed by atoms with Crippen LogP contribution in [-0.2, 0) is 16.0 Å². The quantitative estimate of drug-likeness (QED) is 0.808. The molecule has 0 bridgehead atoms. The van der Waals surface area contributed by atoms with Gasteiger partial charge >= 0.3 is 0 Å². The molecule has 0 saturated heterocycles. The average Bonchev–Trinajstić information content (AvgIpc) is 2.41.